The normalized spacial score (nSPS) is 10.5. The summed E-state index contributed by atoms with van der Waals surface area (Å²) in [5.41, 5.74) is 3.25. The highest BCUT2D eigenvalue weighted by atomic mass is 16.5. The van der Waals surface area contributed by atoms with Crippen LogP contribution in [0.5, 0.6) is 11.5 Å². The van der Waals surface area contributed by atoms with Crippen LogP contribution >= 0.6 is 0 Å². The summed E-state index contributed by atoms with van der Waals surface area (Å²) >= 11 is 0. The molecule has 2 aromatic rings. The molecular weight excluding hydrogens is 340 g/mol. The number of esters is 1. The molecule has 0 aliphatic rings. The van der Waals surface area contributed by atoms with Gasteiger partial charge in [-0.25, -0.2) is 0 Å². The van der Waals surface area contributed by atoms with E-state index in [0.717, 1.165) is 47.6 Å². The molecule has 0 fully saturated rings. The molecule has 0 heterocycles. The van der Waals surface area contributed by atoms with Crippen molar-refractivity contribution in [2.45, 2.75) is 53.1 Å². The molecule has 4 heteroatoms. The van der Waals surface area contributed by atoms with E-state index in [1.807, 2.05) is 50.2 Å². The molecule has 0 saturated carbocycles. The van der Waals surface area contributed by atoms with Crippen molar-refractivity contribution in [3.8, 4) is 11.5 Å². The minimum absolute atomic E-state index is 0.156. The number of rotatable bonds is 11. The summed E-state index contributed by atoms with van der Waals surface area (Å²) in [4.78, 5) is 11.5. The van der Waals surface area contributed by atoms with Crippen molar-refractivity contribution in [3.05, 3.63) is 59.2 Å². The molecule has 4 nitrogen and oxygen atoms in total. The van der Waals surface area contributed by atoms with E-state index in [0.29, 0.717) is 26.1 Å². The Hall–Kier alpha value is -2.49. The predicted molar refractivity (Wildman–Crippen MR) is 107 cm³/mol. The highest BCUT2D eigenvalue weighted by Crippen LogP contribution is 2.22. The van der Waals surface area contributed by atoms with Gasteiger partial charge < -0.3 is 14.2 Å². The molecule has 27 heavy (non-hydrogen) atoms. The molecule has 2 aromatic carbocycles. The van der Waals surface area contributed by atoms with Crippen molar-refractivity contribution in [3.63, 3.8) is 0 Å². The van der Waals surface area contributed by atoms with E-state index in [9.17, 15) is 4.79 Å². The molecule has 146 valence electrons. The summed E-state index contributed by atoms with van der Waals surface area (Å²) in [6, 6.07) is 14.1. The molecule has 0 saturated heterocycles. The van der Waals surface area contributed by atoms with Crippen LogP contribution < -0.4 is 9.47 Å². The van der Waals surface area contributed by atoms with E-state index < -0.39 is 0 Å². The minimum atomic E-state index is -0.156. The van der Waals surface area contributed by atoms with Gasteiger partial charge in [-0.15, -0.1) is 0 Å². The lowest BCUT2D eigenvalue weighted by Crippen LogP contribution is -2.05. The molecule has 0 amide bonds. The van der Waals surface area contributed by atoms with Gasteiger partial charge in [-0.1, -0.05) is 37.6 Å². The lowest BCUT2D eigenvalue weighted by atomic mass is 10.1. The summed E-state index contributed by atoms with van der Waals surface area (Å²) in [6.07, 6.45) is 3.26. The summed E-state index contributed by atoms with van der Waals surface area (Å²) < 4.78 is 16.7. The van der Waals surface area contributed by atoms with E-state index in [1.165, 1.54) is 0 Å². The molecule has 0 aliphatic carbocycles. The van der Waals surface area contributed by atoms with E-state index in [-0.39, 0.29) is 5.97 Å². The molecule has 0 spiro atoms. The van der Waals surface area contributed by atoms with Gasteiger partial charge in [0.2, 0.25) is 0 Å². The summed E-state index contributed by atoms with van der Waals surface area (Å²) in [7, 11) is 0. The largest absolute Gasteiger partial charge is 0.494 e. The topological polar surface area (TPSA) is 44.8 Å². The molecule has 0 radical (unpaired) electrons. The first-order chi connectivity index (χ1) is 13.1. The molecule has 0 atom stereocenters. The van der Waals surface area contributed by atoms with Gasteiger partial charge in [0.1, 0.15) is 18.1 Å². The van der Waals surface area contributed by atoms with Gasteiger partial charge in [0.25, 0.3) is 0 Å². The van der Waals surface area contributed by atoms with E-state index in [2.05, 4.69) is 13.0 Å². The van der Waals surface area contributed by atoms with Crippen LogP contribution in [0, 0.1) is 6.92 Å². The Balaban J connectivity index is 1.88. The van der Waals surface area contributed by atoms with E-state index >= 15 is 0 Å². The molecule has 0 aromatic heterocycles. The molecule has 0 unspecified atom stereocenters. The number of carbonyl (C=O) groups excluding carboxylic acids is 1. The fraction of sp³-hybridized carbons (Fsp3) is 0.435. The van der Waals surface area contributed by atoms with Crippen LogP contribution in [0.15, 0.2) is 42.5 Å². The van der Waals surface area contributed by atoms with Gasteiger partial charge in [-0.05, 0) is 61.6 Å². The highest BCUT2D eigenvalue weighted by Gasteiger charge is 2.06. The predicted octanol–water partition coefficient (Wildman–Crippen LogP) is 5.25. The van der Waals surface area contributed by atoms with Crippen LogP contribution in [0.1, 0.15) is 49.8 Å². The Morgan fingerprint density at radius 1 is 1.00 bits per heavy atom. The second-order valence-electron chi connectivity index (χ2n) is 6.54. The average Bonchev–Trinajstić information content (AvgIpc) is 2.66. The lowest BCUT2D eigenvalue weighted by Gasteiger charge is -2.12. The van der Waals surface area contributed by atoms with E-state index in [4.69, 9.17) is 14.2 Å². The number of aryl methyl sites for hydroxylation is 2. The van der Waals surface area contributed by atoms with Crippen LogP contribution in [0.3, 0.4) is 0 Å². The zero-order chi connectivity index (χ0) is 19.5. The third kappa shape index (κ3) is 7.33. The van der Waals surface area contributed by atoms with Crippen LogP contribution in [-0.4, -0.2) is 19.2 Å². The van der Waals surface area contributed by atoms with E-state index in [1.54, 1.807) is 0 Å². The maximum Gasteiger partial charge on any atom is 0.306 e. The highest BCUT2D eigenvalue weighted by molar-refractivity contribution is 5.69. The summed E-state index contributed by atoms with van der Waals surface area (Å²) in [5.74, 6) is 1.58. The second kappa shape index (κ2) is 11.3. The second-order valence-corrected chi connectivity index (χ2v) is 6.54. The zero-order valence-corrected chi connectivity index (χ0v) is 16.6. The number of benzene rings is 2. The Morgan fingerprint density at radius 2 is 1.85 bits per heavy atom. The molecule has 0 N–H and O–H groups in total. The number of hydrogen-bond donors (Lipinski definition) is 0. The fourth-order valence-electron chi connectivity index (χ4n) is 2.73. The van der Waals surface area contributed by atoms with Gasteiger partial charge in [-0.3, -0.25) is 4.79 Å². The van der Waals surface area contributed by atoms with Crippen LogP contribution in [0.4, 0.5) is 0 Å². The third-order valence-corrected chi connectivity index (χ3v) is 4.22. The average molecular weight is 370 g/mol. The first-order valence-corrected chi connectivity index (χ1v) is 9.72. The van der Waals surface area contributed by atoms with Gasteiger partial charge in [-0.2, -0.15) is 0 Å². The van der Waals surface area contributed by atoms with Gasteiger partial charge >= 0.3 is 5.97 Å². The summed E-state index contributed by atoms with van der Waals surface area (Å²) in [5, 5.41) is 0. The zero-order valence-electron chi connectivity index (χ0n) is 16.6. The maximum absolute atomic E-state index is 11.5. The Morgan fingerprint density at radius 3 is 2.59 bits per heavy atom. The smallest absolute Gasteiger partial charge is 0.306 e. The van der Waals surface area contributed by atoms with Crippen LogP contribution in [0.2, 0.25) is 0 Å². The van der Waals surface area contributed by atoms with Crippen molar-refractivity contribution >= 4 is 5.97 Å². The molecule has 0 bridgehead atoms. The van der Waals surface area contributed by atoms with Crippen molar-refractivity contribution in [2.75, 3.05) is 13.2 Å². The molecule has 0 aliphatic heterocycles. The minimum Gasteiger partial charge on any atom is -0.494 e. The number of ether oxygens (including phenoxy) is 3. The number of hydrogen-bond acceptors (Lipinski definition) is 4. The summed E-state index contributed by atoms with van der Waals surface area (Å²) in [6.45, 7) is 7.66. The molecule has 2 rings (SSSR count). The quantitative estimate of drug-likeness (QED) is 0.400. The number of carbonyl (C=O) groups is 1. The SMILES string of the molecule is CCCCOc1cccc(COc2ccc(CCC(=O)OCC)cc2C)c1. The van der Waals surface area contributed by atoms with Crippen molar-refractivity contribution in [1.29, 1.82) is 0 Å². The Kier molecular flexibility index (Phi) is 8.69. The maximum atomic E-state index is 11.5. The first kappa shape index (κ1) is 20.8. The number of unbranched alkanes of at least 4 members (excludes halogenated alkanes) is 1. The van der Waals surface area contributed by atoms with Crippen LogP contribution in [0.25, 0.3) is 0 Å². The first-order valence-electron chi connectivity index (χ1n) is 9.72. The van der Waals surface area contributed by atoms with Gasteiger partial charge in [0.15, 0.2) is 0 Å². The molecular formula is C23H30O4. The third-order valence-electron chi connectivity index (χ3n) is 4.22. The Bertz CT molecular complexity index is 724. The monoisotopic (exact) mass is 370 g/mol. The van der Waals surface area contributed by atoms with Gasteiger partial charge in [0, 0.05) is 6.42 Å². The van der Waals surface area contributed by atoms with Crippen molar-refractivity contribution in [1.82, 2.24) is 0 Å². The Labute approximate surface area is 162 Å². The van der Waals surface area contributed by atoms with Crippen molar-refractivity contribution in [2.24, 2.45) is 0 Å². The standard InChI is InChI=1S/C23H30O4/c1-4-6-14-26-21-9-7-8-20(16-21)17-27-22-12-10-19(15-18(22)3)11-13-23(24)25-5-2/h7-10,12,15-16H,4-6,11,13-14,17H2,1-3H3. The van der Waals surface area contributed by atoms with Crippen LogP contribution in [-0.2, 0) is 22.6 Å². The van der Waals surface area contributed by atoms with Gasteiger partial charge in [0.05, 0.1) is 13.2 Å². The fourth-order valence-corrected chi connectivity index (χ4v) is 2.73. The van der Waals surface area contributed by atoms with Crippen molar-refractivity contribution < 1.29 is 19.0 Å². The lowest BCUT2D eigenvalue weighted by molar-refractivity contribution is -0.143.